The predicted molar refractivity (Wildman–Crippen MR) is 67.7 cm³/mol. The molecular weight excluding hydrogens is 341 g/mol. The maximum atomic E-state index is 11.6. The summed E-state index contributed by atoms with van der Waals surface area (Å²) in [7, 11) is 0. The largest absolute Gasteiger partial charge is 0.394 e. The molecule has 0 bridgehead atoms. The van der Waals surface area contributed by atoms with E-state index in [1.807, 2.05) is 22.6 Å². The Bertz CT molecular complexity index is 466. The van der Waals surface area contributed by atoms with Crippen LogP contribution in [0.2, 0.25) is 0 Å². The first-order valence-electron chi connectivity index (χ1n) is 4.97. The van der Waals surface area contributed by atoms with Crippen LogP contribution >= 0.6 is 22.6 Å². The molecule has 1 aromatic rings. The number of aromatic nitrogens is 2. The van der Waals surface area contributed by atoms with E-state index in [2.05, 4.69) is 4.98 Å². The van der Waals surface area contributed by atoms with Crippen molar-refractivity contribution in [3.8, 4) is 0 Å². The van der Waals surface area contributed by atoms with Crippen LogP contribution in [0.15, 0.2) is 17.1 Å². The molecule has 1 fully saturated rings. The fourth-order valence-electron chi connectivity index (χ4n) is 1.70. The van der Waals surface area contributed by atoms with Gasteiger partial charge in [-0.15, -0.1) is 0 Å². The number of alkyl halides is 1. The number of halogens is 1. The molecule has 0 aromatic carbocycles. The van der Waals surface area contributed by atoms with E-state index in [0.717, 1.165) is 0 Å². The van der Waals surface area contributed by atoms with Gasteiger partial charge in [0.15, 0.2) is 6.23 Å². The van der Waals surface area contributed by atoms with Crippen LogP contribution in [-0.2, 0) is 4.74 Å². The van der Waals surface area contributed by atoms with Crippen molar-refractivity contribution in [3.05, 3.63) is 22.7 Å². The second-order valence-corrected chi connectivity index (χ2v) is 5.16. The number of nitrogen functional groups attached to an aromatic ring is 1. The molecular formula is C9H12IN3O4. The molecule has 0 spiro atoms. The van der Waals surface area contributed by atoms with Gasteiger partial charge in [-0.2, -0.15) is 4.98 Å². The topological polar surface area (TPSA) is 111 Å². The lowest BCUT2D eigenvalue weighted by Gasteiger charge is -2.16. The van der Waals surface area contributed by atoms with Crippen molar-refractivity contribution < 1.29 is 14.9 Å². The Hall–Kier alpha value is -0.710. The molecule has 0 amide bonds. The monoisotopic (exact) mass is 353 g/mol. The maximum Gasteiger partial charge on any atom is 0.351 e. The summed E-state index contributed by atoms with van der Waals surface area (Å²) in [5, 5.41) is 18.8. The van der Waals surface area contributed by atoms with Gasteiger partial charge >= 0.3 is 5.69 Å². The van der Waals surface area contributed by atoms with E-state index >= 15 is 0 Å². The summed E-state index contributed by atoms with van der Waals surface area (Å²) >= 11 is 1.98. The number of anilines is 1. The van der Waals surface area contributed by atoms with E-state index < -0.39 is 24.1 Å². The molecule has 0 saturated carbocycles. The first-order valence-corrected chi connectivity index (χ1v) is 6.22. The zero-order chi connectivity index (χ0) is 12.6. The lowest BCUT2D eigenvalue weighted by atomic mass is 10.2. The third-order valence-corrected chi connectivity index (χ3v) is 3.95. The number of hydrogen-bond donors (Lipinski definition) is 3. The molecule has 8 heteroatoms. The van der Waals surface area contributed by atoms with Crippen molar-refractivity contribution in [3.63, 3.8) is 0 Å². The first kappa shape index (κ1) is 12.7. The Balaban J connectivity index is 2.32. The van der Waals surface area contributed by atoms with Gasteiger partial charge in [0.2, 0.25) is 0 Å². The molecule has 0 aliphatic carbocycles. The van der Waals surface area contributed by atoms with Gasteiger partial charge in [0.25, 0.3) is 0 Å². The summed E-state index contributed by atoms with van der Waals surface area (Å²) in [5.41, 5.74) is 4.85. The van der Waals surface area contributed by atoms with Crippen LogP contribution in [0.25, 0.3) is 0 Å². The Labute approximate surface area is 110 Å². The standard InChI is InChI=1S/C9H12IN3O4/c10-6-7(15)4(3-14)17-8(6)13-2-1-5(11)12-9(13)16/h1-2,4,6-8,14-15H,3H2,(H2,11,12,16)/t4-,6?,7+,8-/m1/s1. The third kappa shape index (κ3) is 2.30. The first-order chi connectivity index (χ1) is 8.04. The average molecular weight is 353 g/mol. The summed E-state index contributed by atoms with van der Waals surface area (Å²) in [6.07, 6.45) is -0.697. The molecule has 1 aromatic heterocycles. The number of hydrogen-bond acceptors (Lipinski definition) is 6. The maximum absolute atomic E-state index is 11.6. The van der Waals surface area contributed by atoms with E-state index in [-0.39, 0.29) is 16.3 Å². The van der Waals surface area contributed by atoms with E-state index in [9.17, 15) is 9.90 Å². The van der Waals surface area contributed by atoms with Gasteiger partial charge in [-0.25, -0.2) is 4.79 Å². The summed E-state index contributed by atoms with van der Waals surface area (Å²) < 4.78 is 6.33. The lowest BCUT2D eigenvalue weighted by Crippen LogP contribution is -2.32. The van der Waals surface area contributed by atoms with Crippen LogP contribution in [0.5, 0.6) is 0 Å². The minimum Gasteiger partial charge on any atom is -0.394 e. The van der Waals surface area contributed by atoms with Crippen LogP contribution in [0.1, 0.15) is 6.23 Å². The quantitative estimate of drug-likeness (QED) is 0.459. The van der Waals surface area contributed by atoms with Crippen LogP contribution in [-0.4, -0.2) is 42.5 Å². The van der Waals surface area contributed by atoms with E-state index in [0.29, 0.717) is 0 Å². The molecule has 1 unspecified atom stereocenters. The van der Waals surface area contributed by atoms with E-state index in [1.54, 1.807) is 0 Å². The highest BCUT2D eigenvalue weighted by molar-refractivity contribution is 14.1. The SMILES string of the molecule is Nc1ccn([C@@H]2O[C@H](CO)[C@H](O)C2I)c(=O)n1. The normalized spacial score (nSPS) is 32.9. The molecule has 4 N–H and O–H groups in total. The average Bonchev–Trinajstić information content (AvgIpc) is 2.57. The van der Waals surface area contributed by atoms with Gasteiger partial charge in [0.05, 0.1) is 16.6 Å². The van der Waals surface area contributed by atoms with Crippen molar-refractivity contribution in [1.29, 1.82) is 0 Å². The minimum atomic E-state index is -0.824. The van der Waals surface area contributed by atoms with E-state index in [1.165, 1.54) is 16.8 Å². The minimum absolute atomic E-state index is 0.133. The highest BCUT2D eigenvalue weighted by Gasteiger charge is 2.43. The number of rotatable bonds is 2. The fourth-order valence-corrected chi connectivity index (χ4v) is 2.68. The van der Waals surface area contributed by atoms with Crippen molar-refractivity contribution in [2.75, 3.05) is 12.3 Å². The van der Waals surface area contributed by atoms with E-state index in [4.69, 9.17) is 15.6 Å². The number of nitrogens with two attached hydrogens (primary N) is 1. The van der Waals surface area contributed by atoms with Gasteiger partial charge in [-0.3, -0.25) is 4.57 Å². The van der Waals surface area contributed by atoms with Crippen molar-refractivity contribution in [1.82, 2.24) is 9.55 Å². The molecule has 0 radical (unpaired) electrons. The van der Waals surface area contributed by atoms with Gasteiger partial charge in [0, 0.05) is 6.20 Å². The third-order valence-electron chi connectivity index (χ3n) is 2.60. The van der Waals surface area contributed by atoms with Gasteiger partial charge < -0.3 is 20.7 Å². The lowest BCUT2D eigenvalue weighted by molar-refractivity contribution is -0.0455. The van der Waals surface area contributed by atoms with Crippen molar-refractivity contribution in [2.45, 2.75) is 22.4 Å². The summed E-state index contributed by atoms with van der Waals surface area (Å²) in [4.78, 5) is 15.2. The van der Waals surface area contributed by atoms with Crippen molar-refractivity contribution >= 4 is 28.4 Å². The Morgan fingerprint density at radius 1 is 1.65 bits per heavy atom. The molecule has 17 heavy (non-hydrogen) atoms. The molecule has 94 valence electrons. The predicted octanol–water partition coefficient (Wildman–Crippen LogP) is -1.12. The summed E-state index contributed by atoms with van der Waals surface area (Å²) in [6, 6.07) is 1.48. The molecule has 4 atom stereocenters. The van der Waals surface area contributed by atoms with Crippen LogP contribution in [0.4, 0.5) is 5.82 Å². The van der Waals surface area contributed by atoms with Crippen LogP contribution in [0, 0.1) is 0 Å². The molecule has 7 nitrogen and oxygen atoms in total. The summed E-state index contributed by atoms with van der Waals surface area (Å²) in [6.45, 7) is -0.297. The second kappa shape index (κ2) is 4.88. The number of nitrogens with zero attached hydrogens (tertiary/aromatic N) is 2. The number of aliphatic hydroxyl groups is 2. The van der Waals surface area contributed by atoms with Gasteiger partial charge in [-0.05, 0) is 6.07 Å². The number of aliphatic hydroxyl groups excluding tert-OH is 2. The number of ether oxygens (including phenoxy) is 1. The summed E-state index contributed by atoms with van der Waals surface area (Å²) in [5.74, 6) is 0.133. The molecule has 1 aliphatic rings. The Morgan fingerprint density at radius 2 is 2.35 bits per heavy atom. The Morgan fingerprint density at radius 3 is 2.88 bits per heavy atom. The molecule has 1 saturated heterocycles. The van der Waals surface area contributed by atoms with Crippen molar-refractivity contribution in [2.24, 2.45) is 0 Å². The van der Waals surface area contributed by atoms with Gasteiger partial charge in [0.1, 0.15) is 11.9 Å². The second-order valence-electron chi connectivity index (χ2n) is 3.72. The molecule has 2 rings (SSSR count). The highest BCUT2D eigenvalue weighted by atomic mass is 127. The zero-order valence-corrected chi connectivity index (χ0v) is 10.9. The smallest absolute Gasteiger partial charge is 0.351 e. The fraction of sp³-hybridized carbons (Fsp3) is 0.556. The molecule has 2 heterocycles. The molecule has 1 aliphatic heterocycles. The highest BCUT2D eigenvalue weighted by Crippen LogP contribution is 2.33. The van der Waals surface area contributed by atoms with Gasteiger partial charge in [-0.1, -0.05) is 22.6 Å². The zero-order valence-electron chi connectivity index (χ0n) is 8.73. The van der Waals surface area contributed by atoms with Crippen LogP contribution in [0.3, 0.4) is 0 Å². The van der Waals surface area contributed by atoms with Crippen LogP contribution < -0.4 is 11.4 Å². The Kier molecular flexibility index (Phi) is 3.66.